The zero-order valence-electron chi connectivity index (χ0n) is 10.2. The summed E-state index contributed by atoms with van der Waals surface area (Å²) < 4.78 is 10.7. The van der Waals surface area contributed by atoms with Gasteiger partial charge in [-0.15, -0.1) is 11.3 Å². The van der Waals surface area contributed by atoms with E-state index < -0.39 is 5.97 Å². The summed E-state index contributed by atoms with van der Waals surface area (Å²) in [6, 6.07) is 7.43. The van der Waals surface area contributed by atoms with E-state index in [0.29, 0.717) is 20.1 Å². The predicted molar refractivity (Wildman–Crippen MR) is 80.4 cm³/mol. The van der Waals surface area contributed by atoms with Gasteiger partial charge in [-0.05, 0) is 22.0 Å². The fourth-order valence-corrected chi connectivity index (χ4v) is 3.98. The van der Waals surface area contributed by atoms with Crippen molar-refractivity contribution in [3.63, 3.8) is 0 Å². The van der Waals surface area contributed by atoms with Gasteiger partial charge in [-0.1, -0.05) is 29.8 Å². The van der Waals surface area contributed by atoms with Gasteiger partial charge < -0.3 is 9.47 Å². The highest BCUT2D eigenvalue weighted by Gasteiger charge is 2.24. The molecule has 0 spiro atoms. The molecule has 2 aromatic rings. The lowest BCUT2D eigenvalue weighted by Crippen LogP contribution is -2.00. The Bertz CT molecular complexity index is 624. The molecule has 0 saturated carbocycles. The van der Waals surface area contributed by atoms with Crippen LogP contribution in [0.5, 0.6) is 5.75 Å². The molecule has 0 unspecified atom stereocenters. The Morgan fingerprint density at radius 2 is 2.00 bits per heavy atom. The van der Waals surface area contributed by atoms with Crippen LogP contribution in [0, 0.1) is 0 Å². The predicted octanol–water partition coefficient (Wildman–Crippen LogP) is 4.63. The molecule has 0 aliphatic rings. The second-order valence-corrected chi connectivity index (χ2v) is 5.80. The highest BCUT2D eigenvalue weighted by Crippen LogP contribution is 2.47. The molecule has 1 aromatic heterocycles. The molecular formula is C13H10BrClO3S. The summed E-state index contributed by atoms with van der Waals surface area (Å²) in [4.78, 5) is 13.0. The van der Waals surface area contributed by atoms with Crippen LogP contribution in [0.1, 0.15) is 9.67 Å². The van der Waals surface area contributed by atoms with Gasteiger partial charge in [0.05, 0.1) is 23.6 Å². The van der Waals surface area contributed by atoms with Crippen LogP contribution in [0.4, 0.5) is 0 Å². The van der Waals surface area contributed by atoms with Crippen LogP contribution in [-0.4, -0.2) is 20.2 Å². The summed E-state index contributed by atoms with van der Waals surface area (Å²) in [5, 5.41) is 0.614. The Labute approximate surface area is 128 Å². The van der Waals surface area contributed by atoms with Crippen molar-refractivity contribution < 1.29 is 14.3 Å². The van der Waals surface area contributed by atoms with Crippen LogP contribution >= 0.6 is 38.9 Å². The van der Waals surface area contributed by atoms with Gasteiger partial charge in [0.25, 0.3) is 0 Å². The van der Waals surface area contributed by atoms with E-state index in [1.807, 2.05) is 18.2 Å². The first kappa shape index (κ1) is 14.4. The maximum atomic E-state index is 11.7. The minimum Gasteiger partial charge on any atom is -0.494 e. The highest BCUT2D eigenvalue weighted by molar-refractivity contribution is 9.10. The standard InChI is InChI=1S/C13H10BrClO3S/c1-17-10-9(14)11(19-12(10)13(16)18-2)7-5-3-4-6-8(7)15/h3-6H,1-2H3. The van der Waals surface area contributed by atoms with Crippen molar-refractivity contribution in [2.24, 2.45) is 0 Å². The van der Waals surface area contributed by atoms with E-state index >= 15 is 0 Å². The van der Waals surface area contributed by atoms with E-state index in [0.717, 1.165) is 10.4 Å². The zero-order valence-corrected chi connectivity index (χ0v) is 13.4. The van der Waals surface area contributed by atoms with Crippen LogP contribution in [0.15, 0.2) is 28.7 Å². The summed E-state index contributed by atoms with van der Waals surface area (Å²) in [6.45, 7) is 0. The SMILES string of the molecule is COC(=O)c1sc(-c2ccccc2Cl)c(Br)c1OC. The van der Waals surface area contributed by atoms with E-state index in [1.165, 1.54) is 25.6 Å². The van der Waals surface area contributed by atoms with Crippen LogP contribution in [0.3, 0.4) is 0 Å². The van der Waals surface area contributed by atoms with E-state index in [4.69, 9.17) is 21.1 Å². The summed E-state index contributed by atoms with van der Waals surface area (Å²) in [6.07, 6.45) is 0. The molecule has 19 heavy (non-hydrogen) atoms. The Balaban J connectivity index is 2.63. The topological polar surface area (TPSA) is 35.5 Å². The number of rotatable bonds is 3. The highest BCUT2D eigenvalue weighted by atomic mass is 79.9. The van der Waals surface area contributed by atoms with Crippen molar-refractivity contribution in [3.8, 4) is 16.2 Å². The smallest absolute Gasteiger partial charge is 0.351 e. The number of thiophene rings is 1. The van der Waals surface area contributed by atoms with Gasteiger partial charge in [-0.3, -0.25) is 0 Å². The molecule has 0 saturated heterocycles. The summed E-state index contributed by atoms with van der Waals surface area (Å²) in [5.41, 5.74) is 0.842. The Morgan fingerprint density at radius 3 is 2.58 bits per heavy atom. The molecule has 0 aliphatic carbocycles. The molecule has 6 heteroatoms. The maximum absolute atomic E-state index is 11.7. The second kappa shape index (κ2) is 5.94. The molecule has 0 radical (unpaired) electrons. The number of methoxy groups -OCH3 is 2. The lowest BCUT2D eigenvalue weighted by Gasteiger charge is -2.02. The Kier molecular flexibility index (Phi) is 4.50. The van der Waals surface area contributed by atoms with Crippen molar-refractivity contribution >= 4 is 44.8 Å². The normalized spacial score (nSPS) is 10.3. The van der Waals surface area contributed by atoms with Gasteiger partial charge in [-0.25, -0.2) is 4.79 Å². The number of esters is 1. The molecule has 0 amide bonds. The zero-order chi connectivity index (χ0) is 14.0. The Morgan fingerprint density at radius 1 is 1.32 bits per heavy atom. The number of carbonyl (C=O) groups excluding carboxylic acids is 1. The summed E-state index contributed by atoms with van der Waals surface area (Å²) in [5.74, 6) is 0.0348. The fraction of sp³-hybridized carbons (Fsp3) is 0.154. The monoisotopic (exact) mass is 360 g/mol. The minimum atomic E-state index is -0.430. The third-order valence-electron chi connectivity index (χ3n) is 2.50. The van der Waals surface area contributed by atoms with Crippen LogP contribution in [-0.2, 0) is 4.74 Å². The first-order valence-electron chi connectivity index (χ1n) is 5.29. The molecule has 0 N–H and O–H groups in total. The van der Waals surface area contributed by atoms with Crippen molar-refractivity contribution in [2.45, 2.75) is 0 Å². The largest absolute Gasteiger partial charge is 0.494 e. The molecular weight excluding hydrogens is 352 g/mol. The molecule has 100 valence electrons. The first-order chi connectivity index (χ1) is 9.10. The molecule has 2 rings (SSSR count). The average Bonchev–Trinajstić information content (AvgIpc) is 2.75. The number of carbonyl (C=O) groups is 1. The average molecular weight is 362 g/mol. The van der Waals surface area contributed by atoms with Gasteiger partial charge in [-0.2, -0.15) is 0 Å². The van der Waals surface area contributed by atoms with Crippen LogP contribution in [0.2, 0.25) is 5.02 Å². The van der Waals surface area contributed by atoms with Crippen molar-refractivity contribution in [1.29, 1.82) is 0 Å². The van der Waals surface area contributed by atoms with E-state index in [2.05, 4.69) is 15.9 Å². The number of hydrogen-bond acceptors (Lipinski definition) is 4. The van der Waals surface area contributed by atoms with Gasteiger partial charge in [0.1, 0.15) is 0 Å². The van der Waals surface area contributed by atoms with Gasteiger partial charge in [0.2, 0.25) is 0 Å². The molecule has 0 fully saturated rings. The molecule has 3 nitrogen and oxygen atoms in total. The van der Waals surface area contributed by atoms with Crippen molar-refractivity contribution in [3.05, 3.63) is 38.6 Å². The molecule has 0 bridgehead atoms. The maximum Gasteiger partial charge on any atom is 0.351 e. The number of benzene rings is 1. The van der Waals surface area contributed by atoms with Crippen molar-refractivity contribution in [1.82, 2.24) is 0 Å². The minimum absolute atomic E-state index is 0.409. The number of hydrogen-bond donors (Lipinski definition) is 0. The molecule has 1 heterocycles. The summed E-state index contributed by atoms with van der Waals surface area (Å²) in [7, 11) is 2.85. The van der Waals surface area contributed by atoms with Gasteiger partial charge >= 0.3 is 5.97 Å². The number of ether oxygens (including phenoxy) is 2. The lowest BCUT2D eigenvalue weighted by atomic mass is 10.2. The van der Waals surface area contributed by atoms with Crippen molar-refractivity contribution in [2.75, 3.05) is 14.2 Å². The van der Waals surface area contributed by atoms with E-state index in [1.54, 1.807) is 6.07 Å². The van der Waals surface area contributed by atoms with Gasteiger partial charge in [0.15, 0.2) is 10.6 Å². The van der Waals surface area contributed by atoms with E-state index in [9.17, 15) is 4.79 Å². The van der Waals surface area contributed by atoms with E-state index in [-0.39, 0.29) is 0 Å². The van der Waals surface area contributed by atoms with Crippen LogP contribution < -0.4 is 4.74 Å². The first-order valence-corrected chi connectivity index (χ1v) is 7.28. The van der Waals surface area contributed by atoms with Gasteiger partial charge in [0, 0.05) is 10.6 Å². The summed E-state index contributed by atoms with van der Waals surface area (Å²) >= 11 is 10.9. The third-order valence-corrected chi connectivity index (χ3v) is 5.04. The fourth-order valence-electron chi connectivity index (χ4n) is 1.62. The lowest BCUT2D eigenvalue weighted by molar-refractivity contribution is 0.0603. The third kappa shape index (κ3) is 2.63. The molecule has 0 atom stereocenters. The molecule has 0 aliphatic heterocycles. The second-order valence-electron chi connectivity index (χ2n) is 3.58. The van der Waals surface area contributed by atoms with Crippen LogP contribution in [0.25, 0.3) is 10.4 Å². The molecule has 1 aromatic carbocycles. The quantitative estimate of drug-likeness (QED) is 0.748. The number of halogens is 2. The Hall–Kier alpha value is -1.04.